The molecule has 0 aliphatic carbocycles. The first-order chi connectivity index (χ1) is 12.3. The van der Waals surface area contributed by atoms with Gasteiger partial charge in [-0.15, -0.1) is 24.0 Å². The molecule has 0 heterocycles. The molecular weight excluding hydrogens is 441 g/mol. The maximum Gasteiger partial charge on any atom is 0.191 e. The van der Waals surface area contributed by atoms with Gasteiger partial charge in [0.1, 0.15) is 12.4 Å². The van der Waals surface area contributed by atoms with Crippen molar-refractivity contribution in [3.63, 3.8) is 0 Å². The van der Waals surface area contributed by atoms with E-state index in [0.717, 1.165) is 42.4 Å². The fourth-order valence-corrected chi connectivity index (χ4v) is 2.42. The van der Waals surface area contributed by atoms with E-state index >= 15 is 0 Å². The average molecular weight is 469 g/mol. The summed E-state index contributed by atoms with van der Waals surface area (Å²) in [5.41, 5.74) is 2.26. The Bertz CT molecular complexity index is 651. The molecule has 0 spiro atoms. The minimum Gasteiger partial charge on any atom is -0.491 e. The van der Waals surface area contributed by atoms with E-state index in [0.29, 0.717) is 13.2 Å². The molecule has 2 rings (SSSR count). The fourth-order valence-electron chi connectivity index (χ4n) is 2.42. The molecule has 0 atom stereocenters. The van der Waals surface area contributed by atoms with Crippen molar-refractivity contribution in [2.75, 3.05) is 40.5 Å². The Morgan fingerprint density at radius 2 is 1.62 bits per heavy atom. The fraction of sp³-hybridized carbons (Fsp3) is 0.350. The first kappa shape index (κ1) is 22.2. The average Bonchev–Trinajstić information content (AvgIpc) is 2.68. The molecule has 2 aromatic rings. The van der Waals surface area contributed by atoms with Gasteiger partial charge in [-0.05, 0) is 18.1 Å². The standard InChI is InChI=1S/C20H27N3O2.HI/c1-21-20(22-13-8-15-24-2)23-14-16-25-19-12-7-6-11-18(19)17-9-4-3-5-10-17;/h3-7,9-12H,8,13-16H2,1-2H3,(H2,21,22,23);1H. The van der Waals surface area contributed by atoms with Gasteiger partial charge in [-0.3, -0.25) is 4.99 Å². The van der Waals surface area contributed by atoms with Gasteiger partial charge in [0.05, 0.1) is 6.54 Å². The molecule has 0 aliphatic heterocycles. The number of para-hydroxylation sites is 1. The zero-order chi connectivity index (χ0) is 17.7. The first-order valence-corrected chi connectivity index (χ1v) is 8.56. The summed E-state index contributed by atoms with van der Waals surface area (Å²) in [6.07, 6.45) is 0.943. The van der Waals surface area contributed by atoms with Crippen LogP contribution in [0.5, 0.6) is 5.75 Å². The molecule has 0 amide bonds. The Balaban J connectivity index is 0.00000338. The van der Waals surface area contributed by atoms with Gasteiger partial charge in [0.25, 0.3) is 0 Å². The molecule has 5 nitrogen and oxygen atoms in total. The minimum absolute atomic E-state index is 0. The summed E-state index contributed by atoms with van der Waals surface area (Å²) in [6, 6.07) is 18.4. The second-order valence-corrected chi connectivity index (χ2v) is 5.48. The monoisotopic (exact) mass is 469 g/mol. The highest BCUT2D eigenvalue weighted by Crippen LogP contribution is 2.29. The molecule has 0 fully saturated rings. The van der Waals surface area contributed by atoms with Crippen molar-refractivity contribution in [3.8, 4) is 16.9 Å². The van der Waals surface area contributed by atoms with Crippen LogP contribution in [0.4, 0.5) is 0 Å². The van der Waals surface area contributed by atoms with Crippen LogP contribution >= 0.6 is 24.0 Å². The van der Waals surface area contributed by atoms with Gasteiger partial charge in [-0.1, -0.05) is 48.5 Å². The van der Waals surface area contributed by atoms with Gasteiger partial charge in [-0.25, -0.2) is 0 Å². The zero-order valence-electron chi connectivity index (χ0n) is 15.4. The number of nitrogens with one attached hydrogen (secondary N) is 2. The Morgan fingerprint density at radius 3 is 2.35 bits per heavy atom. The number of hydrogen-bond donors (Lipinski definition) is 2. The summed E-state index contributed by atoms with van der Waals surface area (Å²) in [4.78, 5) is 4.19. The minimum atomic E-state index is 0. The number of ether oxygens (including phenoxy) is 2. The SMILES string of the molecule is CN=C(NCCCOC)NCCOc1ccccc1-c1ccccc1.I. The van der Waals surface area contributed by atoms with E-state index in [1.807, 2.05) is 36.4 Å². The summed E-state index contributed by atoms with van der Waals surface area (Å²) >= 11 is 0. The Labute approximate surface area is 173 Å². The highest BCUT2D eigenvalue weighted by molar-refractivity contribution is 14.0. The van der Waals surface area contributed by atoms with Crippen LogP contribution in [0.25, 0.3) is 11.1 Å². The summed E-state index contributed by atoms with van der Waals surface area (Å²) in [5, 5.41) is 6.49. The summed E-state index contributed by atoms with van der Waals surface area (Å²) in [6.45, 7) is 2.80. The molecule has 6 heteroatoms. The predicted molar refractivity (Wildman–Crippen MR) is 119 cm³/mol. The second-order valence-electron chi connectivity index (χ2n) is 5.48. The Kier molecular flexibility index (Phi) is 11.5. The molecule has 0 aliphatic rings. The van der Waals surface area contributed by atoms with E-state index < -0.39 is 0 Å². The maximum absolute atomic E-state index is 5.96. The van der Waals surface area contributed by atoms with E-state index in [9.17, 15) is 0 Å². The topological polar surface area (TPSA) is 54.9 Å². The molecule has 0 saturated carbocycles. The Morgan fingerprint density at radius 1 is 0.923 bits per heavy atom. The van der Waals surface area contributed by atoms with Crippen LogP contribution in [0.15, 0.2) is 59.6 Å². The maximum atomic E-state index is 5.96. The quantitative estimate of drug-likeness (QED) is 0.255. The third kappa shape index (κ3) is 7.61. The zero-order valence-corrected chi connectivity index (χ0v) is 17.7. The highest BCUT2D eigenvalue weighted by Gasteiger charge is 2.05. The van der Waals surface area contributed by atoms with E-state index in [4.69, 9.17) is 9.47 Å². The van der Waals surface area contributed by atoms with E-state index in [1.54, 1.807) is 14.2 Å². The molecule has 0 bridgehead atoms. The lowest BCUT2D eigenvalue weighted by atomic mass is 10.1. The van der Waals surface area contributed by atoms with Crippen molar-refractivity contribution in [3.05, 3.63) is 54.6 Å². The van der Waals surface area contributed by atoms with Crippen molar-refractivity contribution >= 4 is 29.9 Å². The number of hydrogen-bond acceptors (Lipinski definition) is 3. The highest BCUT2D eigenvalue weighted by atomic mass is 127. The number of halogens is 1. The summed E-state index contributed by atoms with van der Waals surface area (Å²) in [7, 11) is 3.47. The van der Waals surface area contributed by atoms with Crippen LogP contribution in [-0.2, 0) is 4.74 Å². The van der Waals surface area contributed by atoms with E-state index in [2.05, 4.69) is 33.8 Å². The third-order valence-corrected chi connectivity index (χ3v) is 3.67. The van der Waals surface area contributed by atoms with Gasteiger partial charge in [0, 0.05) is 32.9 Å². The lowest BCUT2D eigenvalue weighted by Crippen LogP contribution is -2.39. The number of aliphatic imine (C=N–C) groups is 1. The van der Waals surface area contributed by atoms with Gasteiger partial charge >= 0.3 is 0 Å². The van der Waals surface area contributed by atoms with Crippen LogP contribution < -0.4 is 15.4 Å². The van der Waals surface area contributed by atoms with Gasteiger partial charge in [-0.2, -0.15) is 0 Å². The third-order valence-electron chi connectivity index (χ3n) is 3.67. The molecule has 2 N–H and O–H groups in total. The van der Waals surface area contributed by atoms with Gasteiger partial charge in [0.2, 0.25) is 0 Å². The molecule has 2 aromatic carbocycles. The number of methoxy groups -OCH3 is 1. The number of guanidine groups is 1. The van der Waals surface area contributed by atoms with Crippen LogP contribution in [-0.4, -0.2) is 46.4 Å². The largest absolute Gasteiger partial charge is 0.491 e. The molecule has 0 aromatic heterocycles. The molecule has 0 unspecified atom stereocenters. The second kappa shape index (κ2) is 13.4. The van der Waals surface area contributed by atoms with E-state index in [-0.39, 0.29) is 24.0 Å². The van der Waals surface area contributed by atoms with Crippen molar-refractivity contribution in [2.45, 2.75) is 6.42 Å². The van der Waals surface area contributed by atoms with Gasteiger partial charge < -0.3 is 20.1 Å². The van der Waals surface area contributed by atoms with Crippen LogP contribution in [0, 0.1) is 0 Å². The van der Waals surface area contributed by atoms with Crippen LogP contribution in [0.2, 0.25) is 0 Å². The predicted octanol–water partition coefficient (Wildman–Crippen LogP) is 3.55. The lowest BCUT2D eigenvalue weighted by molar-refractivity contribution is 0.195. The first-order valence-electron chi connectivity index (χ1n) is 8.56. The number of nitrogens with zero attached hydrogens (tertiary/aromatic N) is 1. The smallest absolute Gasteiger partial charge is 0.191 e. The van der Waals surface area contributed by atoms with Crippen molar-refractivity contribution < 1.29 is 9.47 Å². The van der Waals surface area contributed by atoms with E-state index in [1.165, 1.54) is 0 Å². The summed E-state index contributed by atoms with van der Waals surface area (Å²) < 4.78 is 11.0. The molecule has 0 radical (unpaired) electrons. The number of rotatable bonds is 9. The van der Waals surface area contributed by atoms with Crippen molar-refractivity contribution in [2.24, 2.45) is 4.99 Å². The normalized spacial score (nSPS) is 10.8. The molecule has 142 valence electrons. The van der Waals surface area contributed by atoms with Crippen LogP contribution in [0.1, 0.15) is 6.42 Å². The Hall–Kier alpha value is -1.80. The van der Waals surface area contributed by atoms with Crippen LogP contribution in [0.3, 0.4) is 0 Å². The molecular formula is C20H28IN3O2. The molecule has 0 saturated heterocycles. The lowest BCUT2D eigenvalue weighted by Gasteiger charge is -2.14. The summed E-state index contributed by atoms with van der Waals surface area (Å²) in [5.74, 6) is 1.66. The van der Waals surface area contributed by atoms with Crippen molar-refractivity contribution in [1.82, 2.24) is 10.6 Å². The molecule has 26 heavy (non-hydrogen) atoms. The van der Waals surface area contributed by atoms with Crippen molar-refractivity contribution in [1.29, 1.82) is 0 Å². The number of benzene rings is 2. The van der Waals surface area contributed by atoms with Gasteiger partial charge in [0.15, 0.2) is 5.96 Å².